The molecule has 5 nitrogen and oxygen atoms in total. The molecule has 196 valence electrons. The fourth-order valence-corrected chi connectivity index (χ4v) is 6.05. The molecule has 1 saturated heterocycles. The van der Waals surface area contributed by atoms with Gasteiger partial charge in [-0.15, -0.1) is 0 Å². The van der Waals surface area contributed by atoms with E-state index in [0.717, 1.165) is 18.6 Å². The largest absolute Gasteiger partial charge is 0.456 e. The Morgan fingerprint density at radius 2 is 1.67 bits per heavy atom. The van der Waals surface area contributed by atoms with Gasteiger partial charge in [0.1, 0.15) is 5.76 Å². The van der Waals surface area contributed by atoms with Gasteiger partial charge in [-0.2, -0.15) is 0 Å². The molecule has 4 rings (SSSR count). The number of fused-ring (bicyclic) bond motifs is 1. The lowest BCUT2D eigenvalue weighted by atomic mass is 9.62. The third-order valence-electron chi connectivity index (χ3n) is 8.68. The number of hydrogen-bond acceptors (Lipinski definition) is 3. The molecule has 1 aromatic carbocycles. The maximum atomic E-state index is 13.3. The van der Waals surface area contributed by atoms with Crippen molar-refractivity contribution in [2.75, 3.05) is 26.2 Å². The van der Waals surface area contributed by atoms with Gasteiger partial charge < -0.3 is 14.2 Å². The van der Waals surface area contributed by atoms with E-state index in [0.29, 0.717) is 38.4 Å². The smallest absolute Gasteiger partial charge is 0.289 e. The number of rotatable bonds is 6. The van der Waals surface area contributed by atoms with E-state index >= 15 is 0 Å². The van der Waals surface area contributed by atoms with Gasteiger partial charge in [-0.25, -0.2) is 0 Å². The number of furan rings is 1. The van der Waals surface area contributed by atoms with Crippen molar-refractivity contribution in [2.45, 2.75) is 91.4 Å². The molecule has 1 unspecified atom stereocenters. The summed E-state index contributed by atoms with van der Waals surface area (Å²) in [6.07, 6.45) is 4.74. The van der Waals surface area contributed by atoms with Crippen LogP contribution >= 0.6 is 0 Å². The van der Waals surface area contributed by atoms with Gasteiger partial charge in [-0.05, 0) is 91.7 Å². The van der Waals surface area contributed by atoms with Crippen LogP contribution < -0.4 is 0 Å². The van der Waals surface area contributed by atoms with Crippen molar-refractivity contribution < 1.29 is 14.0 Å². The Hall–Kier alpha value is -2.56. The van der Waals surface area contributed by atoms with Crippen LogP contribution in [0.15, 0.2) is 28.7 Å². The second-order valence-corrected chi connectivity index (χ2v) is 12.1. The maximum absolute atomic E-state index is 13.3. The molecule has 0 saturated carbocycles. The highest BCUT2D eigenvalue weighted by Crippen LogP contribution is 2.46. The third-order valence-corrected chi connectivity index (χ3v) is 8.68. The highest BCUT2D eigenvalue weighted by atomic mass is 16.4. The van der Waals surface area contributed by atoms with Crippen LogP contribution in [0.5, 0.6) is 0 Å². The van der Waals surface area contributed by atoms with E-state index in [2.05, 4.69) is 46.8 Å². The van der Waals surface area contributed by atoms with Gasteiger partial charge in [0.25, 0.3) is 5.91 Å². The number of hydrogen-bond donors (Lipinski definition) is 0. The fourth-order valence-electron chi connectivity index (χ4n) is 6.05. The van der Waals surface area contributed by atoms with E-state index in [1.165, 1.54) is 35.1 Å². The molecule has 1 aromatic heterocycles. The Kier molecular flexibility index (Phi) is 7.41. The van der Waals surface area contributed by atoms with Gasteiger partial charge in [0.15, 0.2) is 5.76 Å². The van der Waals surface area contributed by atoms with Crippen LogP contribution in [0.4, 0.5) is 0 Å². The summed E-state index contributed by atoms with van der Waals surface area (Å²) in [5.74, 6) is 1.11. The first-order chi connectivity index (χ1) is 17.0. The monoisotopic (exact) mass is 492 g/mol. The Labute approximate surface area is 217 Å². The van der Waals surface area contributed by atoms with Crippen LogP contribution in [0.3, 0.4) is 0 Å². The summed E-state index contributed by atoms with van der Waals surface area (Å²) in [5.41, 5.74) is 5.80. The zero-order chi connectivity index (χ0) is 26.3. The molecule has 2 aliphatic rings. The molecule has 0 N–H and O–H groups in total. The maximum Gasteiger partial charge on any atom is 0.289 e. The van der Waals surface area contributed by atoms with Gasteiger partial charge in [0, 0.05) is 32.6 Å². The minimum Gasteiger partial charge on any atom is -0.456 e. The minimum absolute atomic E-state index is 0.108. The van der Waals surface area contributed by atoms with E-state index in [9.17, 15) is 9.59 Å². The summed E-state index contributed by atoms with van der Waals surface area (Å²) in [5, 5.41) is 0. The molecule has 1 aliphatic carbocycles. The molecule has 2 amide bonds. The number of likely N-dealkylation sites (tertiary alicyclic amines) is 1. The van der Waals surface area contributed by atoms with Gasteiger partial charge in [-0.3, -0.25) is 9.59 Å². The standard InChI is InChI=1S/C31H44N2O3/c1-8-32(9-2)28(34)22-11-10-16-33(20-22)29(35)27-13-12-24(36-27)18-23-19-26-25(17-21(23)3)30(4,5)14-15-31(26,6)7/h12-13,17,19,22H,8-11,14-16,18,20H2,1-7H3. The van der Waals surface area contributed by atoms with Gasteiger partial charge >= 0.3 is 0 Å². The van der Waals surface area contributed by atoms with E-state index in [1.54, 1.807) is 11.0 Å². The Bertz CT molecular complexity index is 1120. The van der Waals surface area contributed by atoms with E-state index < -0.39 is 0 Å². The lowest BCUT2D eigenvalue weighted by molar-refractivity contribution is -0.136. The van der Waals surface area contributed by atoms with Gasteiger partial charge in [-0.1, -0.05) is 39.8 Å². The normalized spacial score (nSPS) is 20.6. The first kappa shape index (κ1) is 26.5. The number of amides is 2. The van der Waals surface area contributed by atoms with Crippen LogP contribution in [0, 0.1) is 12.8 Å². The molecule has 2 heterocycles. The summed E-state index contributed by atoms with van der Waals surface area (Å²) in [7, 11) is 0. The zero-order valence-corrected chi connectivity index (χ0v) is 23.4. The first-order valence-electron chi connectivity index (χ1n) is 13.8. The molecule has 1 aliphatic heterocycles. The summed E-state index contributed by atoms with van der Waals surface area (Å²) in [6.45, 7) is 18.1. The molecule has 0 bridgehead atoms. The molecular formula is C31H44N2O3. The summed E-state index contributed by atoms with van der Waals surface area (Å²) in [6, 6.07) is 8.49. The lowest BCUT2D eigenvalue weighted by Crippen LogP contribution is -2.46. The number of aryl methyl sites for hydroxylation is 1. The molecule has 1 fully saturated rings. The van der Waals surface area contributed by atoms with Crippen LogP contribution in [0.1, 0.15) is 106 Å². The van der Waals surface area contributed by atoms with Crippen LogP contribution in [-0.4, -0.2) is 47.8 Å². The predicted octanol–water partition coefficient (Wildman–Crippen LogP) is 6.25. The van der Waals surface area contributed by atoms with E-state index in [-0.39, 0.29) is 28.6 Å². The number of carbonyl (C=O) groups excluding carboxylic acids is 2. The Morgan fingerprint density at radius 3 is 2.31 bits per heavy atom. The average Bonchev–Trinajstić information content (AvgIpc) is 3.32. The number of benzene rings is 1. The van der Waals surface area contributed by atoms with E-state index in [4.69, 9.17) is 4.42 Å². The second kappa shape index (κ2) is 10.1. The Morgan fingerprint density at radius 1 is 1.03 bits per heavy atom. The lowest BCUT2D eigenvalue weighted by Gasteiger charge is -2.42. The molecule has 0 radical (unpaired) electrons. The highest BCUT2D eigenvalue weighted by molar-refractivity contribution is 5.92. The molecular weight excluding hydrogens is 448 g/mol. The fraction of sp³-hybridized carbons (Fsp3) is 0.613. The van der Waals surface area contributed by atoms with E-state index in [1.807, 2.05) is 24.8 Å². The summed E-state index contributed by atoms with van der Waals surface area (Å²) in [4.78, 5) is 29.8. The van der Waals surface area contributed by atoms with Crippen molar-refractivity contribution >= 4 is 11.8 Å². The molecule has 2 aromatic rings. The van der Waals surface area contributed by atoms with Crippen molar-refractivity contribution in [3.63, 3.8) is 0 Å². The van der Waals surface area contributed by atoms with Crippen molar-refractivity contribution in [3.05, 3.63) is 58.0 Å². The topological polar surface area (TPSA) is 53.8 Å². The number of carbonyl (C=O) groups is 2. The van der Waals surface area contributed by atoms with Crippen LogP contribution in [0.25, 0.3) is 0 Å². The van der Waals surface area contributed by atoms with Crippen LogP contribution in [-0.2, 0) is 22.0 Å². The zero-order valence-electron chi connectivity index (χ0n) is 23.4. The molecule has 36 heavy (non-hydrogen) atoms. The second-order valence-electron chi connectivity index (χ2n) is 12.1. The number of piperidine rings is 1. The SMILES string of the molecule is CCN(CC)C(=O)C1CCCN(C(=O)c2ccc(Cc3cc4c(cc3C)C(C)(C)CCC4(C)C)o2)C1. The molecule has 0 spiro atoms. The van der Waals surface area contributed by atoms with Crippen molar-refractivity contribution in [1.82, 2.24) is 9.80 Å². The summed E-state index contributed by atoms with van der Waals surface area (Å²) >= 11 is 0. The highest BCUT2D eigenvalue weighted by Gasteiger charge is 2.37. The third kappa shape index (κ3) is 5.12. The average molecular weight is 493 g/mol. The quantitative estimate of drug-likeness (QED) is 0.479. The molecule has 1 atom stereocenters. The minimum atomic E-state index is -0.122. The Balaban J connectivity index is 1.50. The van der Waals surface area contributed by atoms with Crippen molar-refractivity contribution in [3.8, 4) is 0 Å². The van der Waals surface area contributed by atoms with Crippen molar-refractivity contribution in [2.24, 2.45) is 5.92 Å². The number of nitrogens with zero attached hydrogens (tertiary/aromatic N) is 2. The molecule has 5 heteroatoms. The first-order valence-corrected chi connectivity index (χ1v) is 13.8. The predicted molar refractivity (Wildman–Crippen MR) is 145 cm³/mol. The van der Waals surface area contributed by atoms with Crippen LogP contribution in [0.2, 0.25) is 0 Å². The van der Waals surface area contributed by atoms with Crippen molar-refractivity contribution in [1.29, 1.82) is 0 Å². The summed E-state index contributed by atoms with van der Waals surface area (Å²) < 4.78 is 6.09. The van der Waals surface area contributed by atoms with Gasteiger partial charge in [0.05, 0.1) is 5.92 Å². The van der Waals surface area contributed by atoms with Gasteiger partial charge in [0.2, 0.25) is 5.91 Å².